The molecule has 1 aromatic heterocycles. The summed E-state index contributed by atoms with van der Waals surface area (Å²) in [6, 6.07) is 11.6. The number of anilines is 1. The van der Waals surface area contributed by atoms with E-state index in [9.17, 15) is 4.79 Å². The largest absolute Gasteiger partial charge is 0.480 e. The number of benzene rings is 1. The molecule has 2 aromatic rings. The minimum atomic E-state index is -0.375. The van der Waals surface area contributed by atoms with Gasteiger partial charge in [-0.15, -0.1) is 10.2 Å². The van der Waals surface area contributed by atoms with E-state index in [2.05, 4.69) is 15.5 Å². The molecule has 94 valence electrons. The van der Waals surface area contributed by atoms with Crippen LogP contribution in [0.2, 0.25) is 0 Å². The summed E-state index contributed by atoms with van der Waals surface area (Å²) in [5.41, 5.74) is 1.30. The molecule has 6 nitrogen and oxygen atoms in total. The molecule has 0 atom stereocenters. The summed E-state index contributed by atoms with van der Waals surface area (Å²) < 4.78 is 4.86. The summed E-state index contributed by atoms with van der Waals surface area (Å²) in [7, 11) is 1.47. The van der Waals surface area contributed by atoms with Gasteiger partial charge in [0.05, 0.1) is 18.7 Å². The maximum absolute atomic E-state index is 11.8. The van der Waals surface area contributed by atoms with E-state index < -0.39 is 0 Å². The van der Waals surface area contributed by atoms with Crippen molar-refractivity contribution in [2.45, 2.75) is 0 Å². The lowest BCUT2D eigenvalue weighted by atomic mass is 10.2. The second-order valence-electron chi connectivity index (χ2n) is 3.60. The summed E-state index contributed by atoms with van der Waals surface area (Å²) >= 11 is 0. The topological polar surface area (TPSA) is 87.9 Å². The zero-order valence-electron chi connectivity index (χ0n) is 10.1. The normalized spacial score (nSPS) is 9.47. The summed E-state index contributed by atoms with van der Waals surface area (Å²) in [5.74, 6) is -0.0326. The second-order valence-corrected chi connectivity index (χ2v) is 3.60. The van der Waals surface area contributed by atoms with E-state index in [1.807, 2.05) is 6.07 Å². The molecule has 0 aliphatic rings. The highest BCUT2D eigenvalue weighted by molar-refractivity contribution is 6.02. The Morgan fingerprint density at radius 3 is 2.47 bits per heavy atom. The minimum absolute atomic E-state index is 0.185. The standard InChI is InChI=1S/C13H10N4O2/c1-19-12-7-6-11(16-17-12)13(18)15-10-4-2-9(8-14)3-5-10/h2-7H,1H3,(H,15,18). The SMILES string of the molecule is COc1ccc(C(=O)Nc2ccc(C#N)cc2)nn1. The molecule has 19 heavy (non-hydrogen) atoms. The average molecular weight is 254 g/mol. The van der Waals surface area contributed by atoms with Crippen LogP contribution in [-0.4, -0.2) is 23.2 Å². The van der Waals surface area contributed by atoms with Gasteiger partial charge in [0.2, 0.25) is 5.88 Å². The van der Waals surface area contributed by atoms with E-state index in [1.165, 1.54) is 13.2 Å². The molecule has 0 aliphatic heterocycles. The van der Waals surface area contributed by atoms with Crippen LogP contribution >= 0.6 is 0 Å². The van der Waals surface area contributed by atoms with Gasteiger partial charge in [0.1, 0.15) is 0 Å². The van der Waals surface area contributed by atoms with Crippen molar-refractivity contribution in [3.8, 4) is 11.9 Å². The number of nitrogens with one attached hydrogen (secondary N) is 1. The molecular formula is C13H10N4O2. The van der Waals surface area contributed by atoms with Crippen LogP contribution in [0.5, 0.6) is 5.88 Å². The van der Waals surface area contributed by atoms with E-state index in [-0.39, 0.29) is 11.6 Å². The van der Waals surface area contributed by atoms with Gasteiger partial charge >= 0.3 is 0 Å². The molecule has 0 fully saturated rings. The average Bonchev–Trinajstić information content (AvgIpc) is 2.48. The van der Waals surface area contributed by atoms with Crippen LogP contribution in [0.1, 0.15) is 16.1 Å². The second kappa shape index (κ2) is 5.60. The summed E-state index contributed by atoms with van der Waals surface area (Å²) in [4.78, 5) is 11.8. The van der Waals surface area contributed by atoms with Crippen molar-refractivity contribution < 1.29 is 9.53 Å². The Kier molecular flexibility index (Phi) is 3.69. The van der Waals surface area contributed by atoms with Gasteiger partial charge in [-0.1, -0.05) is 0 Å². The lowest BCUT2D eigenvalue weighted by Gasteiger charge is -2.04. The van der Waals surface area contributed by atoms with Crippen molar-refractivity contribution in [3.05, 3.63) is 47.7 Å². The Morgan fingerprint density at radius 1 is 1.21 bits per heavy atom. The van der Waals surface area contributed by atoms with Gasteiger partial charge in [-0.2, -0.15) is 5.26 Å². The van der Waals surface area contributed by atoms with Crippen LogP contribution in [0.3, 0.4) is 0 Å². The van der Waals surface area contributed by atoms with Gasteiger partial charge in [-0.3, -0.25) is 4.79 Å². The number of amides is 1. The third kappa shape index (κ3) is 3.04. The number of hydrogen-bond acceptors (Lipinski definition) is 5. The summed E-state index contributed by atoms with van der Waals surface area (Å²) in [6.45, 7) is 0. The van der Waals surface area contributed by atoms with Crippen molar-refractivity contribution >= 4 is 11.6 Å². The van der Waals surface area contributed by atoms with E-state index >= 15 is 0 Å². The lowest BCUT2D eigenvalue weighted by Crippen LogP contribution is -2.14. The Labute approximate surface area is 109 Å². The molecule has 0 aliphatic carbocycles. The first-order chi connectivity index (χ1) is 9.22. The van der Waals surface area contributed by atoms with Gasteiger partial charge in [0.15, 0.2) is 5.69 Å². The van der Waals surface area contributed by atoms with Crippen LogP contribution < -0.4 is 10.1 Å². The number of rotatable bonds is 3. The van der Waals surface area contributed by atoms with Crippen LogP contribution in [-0.2, 0) is 0 Å². The summed E-state index contributed by atoms with van der Waals surface area (Å²) in [6.07, 6.45) is 0. The number of methoxy groups -OCH3 is 1. The van der Waals surface area contributed by atoms with Gasteiger partial charge in [0, 0.05) is 11.8 Å². The van der Waals surface area contributed by atoms with E-state index in [1.54, 1.807) is 30.3 Å². The van der Waals surface area contributed by atoms with Gasteiger partial charge in [-0.05, 0) is 30.3 Å². The molecule has 1 aromatic carbocycles. The molecule has 0 spiro atoms. The molecule has 0 radical (unpaired) electrons. The molecule has 0 bridgehead atoms. The van der Waals surface area contributed by atoms with Gasteiger partial charge in [0.25, 0.3) is 5.91 Å². The highest BCUT2D eigenvalue weighted by Gasteiger charge is 2.08. The fourth-order valence-electron chi connectivity index (χ4n) is 1.37. The molecule has 0 unspecified atom stereocenters. The predicted molar refractivity (Wildman–Crippen MR) is 67.7 cm³/mol. The maximum Gasteiger partial charge on any atom is 0.276 e. The number of nitrogens with zero attached hydrogens (tertiary/aromatic N) is 3. The first-order valence-corrected chi connectivity index (χ1v) is 5.42. The molecule has 1 heterocycles. The minimum Gasteiger partial charge on any atom is -0.480 e. The van der Waals surface area contributed by atoms with Gasteiger partial charge in [-0.25, -0.2) is 0 Å². The number of hydrogen-bond donors (Lipinski definition) is 1. The van der Waals surface area contributed by atoms with Gasteiger partial charge < -0.3 is 10.1 Å². The quantitative estimate of drug-likeness (QED) is 0.898. The van der Waals surface area contributed by atoms with E-state index in [0.717, 1.165) is 0 Å². The van der Waals surface area contributed by atoms with Crippen molar-refractivity contribution in [2.24, 2.45) is 0 Å². The molecule has 1 N–H and O–H groups in total. The Morgan fingerprint density at radius 2 is 1.95 bits per heavy atom. The molecule has 0 saturated heterocycles. The number of carbonyl (C=O) groups excluding carboxylic acids is 1. The third-order valence-corrected chi connectivity index (χ3v) is 2.35. The lowest BCUT2D eigenvalue weighted by molar-refractivity contribution is 0.102. The zero-order valence-corrected chi connectivity index (χ0v) is 10.1. The highest BCUT2D eigenvalue weighted by atomic mass is 16.5. The highest BCUT2D eigenvalue weighted by Crippen LogP contribution is 2.10. The smallest absolute Gasteiger partial charge is 0.276 e. The molecule has 0 saturated carbocycles. The fraction of sp³-hybridized carbons (Fsp3) is 0.0769. The number of aromatic nitrogens is 2. The Bertz CT molecular complexity index is 615. The Hall–Kier alpha value is -2.94. The molecule has 2 rings (SSSR count). The van der Waals surface area contributed by atoms with Crippen LogP contribution in [0.15, 0.2) is 36.4 Å². The van der Waals surface area contributed by atoms with Crippen molar-refractivity contribution in [1.29, 1.82) is 5.26 Å². The van der Waals surface area contributed by atoms with Crippen LogP contribution in [0.4, 0.5) is 5.69 Å². The third-order valence-electron chi connectivity index (χ3n) is 2.35. The van der Waals surface area contributed by atoms with E-state index in [0.29, 0.717) is 17.1 Å². The number of ether oxygens (including phenoxy) is 1. The number of nitriles is 1. The monoisotopic (exact) mass is 254 g/mol. The predicted octanol–water partition coefficient (Wildman–Crippen LogP) is 1.61. The zero-order chi connectivity index (χ0) is 13.7. The molecule has 6 heteroatoms. The first-order valence-electron chi connectivity index (χ1n) is 5.42. The fourth-order valence-corrected chi connectivity index (χ4v) is 1.37. The summed E-state index contributed by atoms with van der Waals surface area (Å²) in [5, 5.41) is 18.8. The first kappa shape index (κ1) is 12.5. The Balaban J connectivity index is 2.09. The van der Waals surface area contributed by atoms with Crippen LogP contribution in [0.25, 0.3) is 0 Å². The van der Waals surface area contributed by atoms with Crippen molar-refractivity contribution in [3.63, 3.8) is 0 Å². The maximum atomic E-state index is 11.8. The molecular weight excluding hydrogens is 244 g/mol. The van der Waals surface area contributed by atoms with Crippen molar-refractivity contribution in [1.82, 2.24) is 10.2 Å². The number of carbonyl (C=O) groups is 1. The van der Waals surface area contributed by atoms with Crippen LogP contribution in [0, 0.1) is 11.3 Å². The van der Waals surface area contributed by atoms with E-state index in [4.69, 9.17) is 10.00 Å². The van der Waals surface area contributed by atoms with Crippen molar-refractivity contribution in [2.75, 3.05) is 12.4 Å². The molecule has 1 amide bonds.